The van der Waals surface area contributed by atoms with Crippen LogP contribution in [0.5, 0.6) is 11.5 Å². The summed E-state index contributed by atoms with van der Waals surface area (Å²) in [5.74, 6) is 0.260. The van der Waals surface area contributed by atoms with Gasteiger partial charge in [-0.3, -0.25) is 4.79 Å². The number of aromatic nitrogens is 4. The number of ether oxygens (including phenoxy) is 2. The quantitative estimate of drug-likeness (QED) is 0.0960. The lowest BCUT2D eigenvalue weighted by molar-refractivity contribution is 0.0702. The van der Waals surface area contributed by atoms with E-state index in [-0.39, 0.29) is 41.0 Å². The number of imidazole rings is 2. The number of benzene rings is 4. The maximum absolute atomic E-state index is 15.2. The smallest absolute Gasteiger partial charge is 0.346 e. The van der Waals surface area contributed by atoms with Crippen LogP contribution in [0.15, 0.2) is 133 Å². The van der Waals surface area contributed by atoms with Crippen LogP contribution in [0.25, 0.3) is 43.5 Å². The normalized spacial score (nSPS) is 15.6. The zero-order chi connectivity index (χ0) is 44.2. The number of carbonyl (C=O) groups excluding carboxylic acids is 1. The molecule has 14 heteroatoms. The van der Waals surface area contributed by atoms with Gasteiger partial charge in [0.1, 0.15) is 62.5 Å². The van der Waals surface area contributed by atoms with Gasteiger partial charge in [0.15, 0.2) is 5.78 Å². The topological polar surface area (TPSA) is 108 Å². The molecule has 332 valence electrons. The van der Waals surface area contributed by atoms with E-state index >= 15 is 8.78 Å². The number of rotatable bonds is 12. The molecule has 0 saturated heterocycles. The standard InChI is InChI=1S/C26H23FN2O2S.C25H21FN2O3S.ClH/c1-17(30)24-15-23-26(32-24)28-25(29(23)19-10-6-3-7-11-19)21-13-12-20(14-22(21)27)31-16-18-8-4-2-5-9-18;26-20-13-18(31-15-16-7-3-1-4-8-16)11-12-19(20)23-27-24-21(14-22(32-24)25(29)30)28(23)17-9-5-2-6-10-17;/h2,4-6,8-10,12-15,19H,3,7,11,16H2,1H3;1,3-5,7-9,11-14,17H,2,6,10,15H2,(H,29,30);1H. The Morgan fingerprint density at radius 3 is 1.51 bits per heavy atom. The maximum Gasteiger partial charge on any atom is 0.346 e. The van der Waals surface area contributed by atoms with Gasteiger partial charge >= 0.3 is 5.97 Å². The molecule has 0 bridgehead atoms. The molecule has 65 heavy (non-hydrogen) atoms. The molecule has 4 aromatic carbocycles. The van der Waals surface area contributed by atoms with Crippen LogP contribution in [0.2, 0.25) is 0 Å². The molecule has 2 unspecified atom stereocenters. The van der Waals surface area contributed by atoms with E-state index in [1.54, 1.807) is 37.3 Å². The van der Waals surface area contributed by atoms with Crippen LogP contribution in [0.1, 0.15) is 88.0 Å². The number of hydrogen-bond acceptors (Lipinski definition) is 8. The van der Waals surface area contributed by atoms with Crippen molar-refractivity contribution < 1.29 is 33.0 Å². The largest absolute Gasteiger partial charge is 0.489 e. The van der Waals surface area contributed by atoms with E-state index in [0.29, 0.717) is 57.2 Å². The van der Waals surface area contributed by atoms with Gasteiger partial charge in [-0.1, -0.05) is 85.0 Å². The minimum atomic E-state index is -0.980. The molecule has 0 aliphatic heterocycles. The molecular formula is C51H45ClF2N4O5S2. The molecule has 0 amide bonds. The third-order valence-corrected chi connectivity index (χ3v) is 13.4. The second-order valence-electron chi connectivity index (χ2n) is 15.8. The van der Waals surface area contributed by atoms with Crippen molar-refractivity contribution in [3.05, 3.63) is 166 Å². The van der Waals surface area contributed by atoms with Crippen LogP contribution in [0.4, 0.5) is 8.78 Å². The van der Waals surface area contributed by atoms with Crippen molar-refractivity contribution in [1.82, 2.24) is 19.1 Å². The third kappa shape index (κ3) is 9.97. The summed E-state index contributed by atoms with van der Waals surface area (Å²) < 4.78 is 46.0. The Kier molecular flexibility index (Phi) is 14.0. The van der Waals surface area contributed by atoms with Gasteiger partial charge < -0.3 is 23.7 Å². The highest BCUT2D eigenvalue weighted by Gasteiger charge is 2.26. The van der Waals surface area contributed by atoms with Crippen molar-refractivity contribution in [2.45, 2.75) is 70.7 Å². The van der Waals surface area contributed by atoms with Crippen LogP contribution < -0.4 is 9.47 Å². The number of ketones is 1. The van der Waals surface area contributed by atoms with E-state index in [1.165, 1.54) is 23.5 Å². The molecule has 4 aromatic heterocycles. The monoisotopic (exact) mass is 930 g/mol. The fraction of sp³-hybridized carbons (Fsp3) is 0.216. The first-order chi connectivity index (χ1) is 31.2. The summed E-state index contributed by atoms with van der Waals surface area (Å²) in [5.41, 5.74) is 4.45. The number of Topliss-reactive ketones (excluding diaryl/α,β-unsaturated/α-hetero) is 1. The number of fused-ring (bicyclic) bond motifs is 2. The van der Waals surface area contributed by atoms with Crippen LogP contribution in [-0.4, -0.2) is 36.0 Å². The first kappa shape index (κ1) is 45.2. The number of nitrogens with zero attached hydrogens (tertiary/aromatic N) is 4. The molecule has 0 spiro atoms. The molecule has 10 rings (SSSR count). The van der Waals surface area contributed by atoms with Gasteiger partial charge in [-0.2, -0.15) is 0 Å². The van der Waals surface area contributed by atoms with Gasteiger partial charge in [-0.15, -0.1) is 35.1 Å². The predicted octanol–water partition coefficient (Wildman–Crippen LogP) is 13.9. The van der Waals surface area contributed by atoms with Crippen molar-refractivity contribution in [3.63, 3.8) is 0 Å². The maximum atomic E-state index is 15.2. The second kappa shape index (κ2) is 20.2. The SMILES string of the molecule is CC(=O)c1cc2c(nc(-c3ccc(OCc4ccccc4)cc3F)n2C2C=CCCC2)s1.Cl.O=C(O)c1cc2c(nc(-c3ccc(OCc4ccccc4)cc3F)n2C2C=CCCC2)s1. The minimum absolute atomic E-state index is 0. The molecule has 1 N–H and O–H groups in total. The highest BCUT2D eigenvalue weighted by molar-refractivity contribution is 7.20. The lowest BCUT2D eigenvalue weighted by Crippen LogP contribution is -2.11. The van der Waals surface area contributed by atoms with E-state index in [9.17, 15) is 14.7 Å². The molecule has 2 atom stereocenters. The van der Waals surface area contributed by atoms with Crippen molar-refractivity contribution in [1.29, 1.82) is 0 Å². The van der Waals surface area contributed by atoms with Crippen molar-refractivity contribution in [3.8, 4) is 34.3 Å². The second-order valence-corrected chi connectivity index (χ2v) is 17.8. The van der Waals surface area contributed by atoms with E-state index < -0.39 is 11.8 Å². The Morgan fingerprint density at radius 2 is 1.11 bits per heavy atom. The number of aromatic carboxylic acids is 1. The van der Waals surface area contributed by atoms with E-state index in [1.807, 2.05) is 71.3 Å². The lowest BCUT2D eigenvalue weighted by atomic mass is 10.0. The molecule has 0 fully saturated rings. The summed E-state index contributed by atoms with van der Waals surface area (Å²) in [6, 6.07) is 32.9. The van der Waals surface area contributed by atoms with Gasteiger partial charge in [-0.05, 0) is 93.0 Å². The molecular weight excluding hydrogens is 886 g/mol. The number of hydrogen-bond donors (Lipinski definition) is 1. The summed E-state index contributed by atoms with van der Waals surface area (Å²) in [6.07, 6.45) is 14.5. The molecule has 8 aromatic rings. The van der Waals surface area contributed by atoms with Gasteiger partial charge in [-0.25, -0.2) is 23.5 Å². The number of halogens is 3. The molecule has 2 aliphatic carbocycles. The van der Waals surface area contributed by atoms with Gasteiger partial charge in [0.25, 0.3) is 0 Å². The summed E-state index contributed by atoms with van der Waals surface area (Å²) in [6.45, 7) is 2.30. The zero-order valence-corrected chi connectivity index (χ0v) is 37.8. The van der Waals surface area contributed by atoms with Gasteiger partial charge in [0.05, 0.1) is 39.1 Å². The molecule has 0 saturated carbocycles. The highest BCUT2D eigenvalue weighted by Crippen LogP contribution is 2.40. The van der Waals surface area contributed by atoms with E-state index in [0.717, 1.165) is 76.9 Å². The Balaban J connectivity index is 0.000000175. The number of allylic oxidation sites excluding steroid dienone is 4. The molecule has 9 nitrogen and oxygen atoms in total. The zero-order valence-electron chi connectivity index (χ0n) is 35.4. The average molecular weight is 932 g/mol. The Bertz CT molecular complexity index is 2830. The minimum Gasteiger partial charge on any atom is -0.489 e. The summed E-state index contributed by atoms with van der Waals surface area (Å²) in [4.78, 5) is 35.0. The first-order valence-electron chi connectivity index (χ1n) is 21.2. The molecule has 4 heterocycles. The number of carbonyl (C=O) groups is 2. The van der Waals surface area contributed by atoms with E-state index in [4.69, 9.17) is 14.5 Å². The van der Waals surface area contributed by atoms with Crippen molar-refractivity contribution in [2.24, 2.45) is 0 Å². The Labute approximate surface area is 388 Å². The van der Waals surface area contributed by atoms with Crippen LogP contribution >= 0.6 is 35.1 Å². The first-order valence-corrected chi connectivity index (χ1v) is 22.9. The summed E-state index contributed by atoms with van der Waals surface area (Å²) in [5, 5.41) is 9.38. The Morgan fingerprint density at radius 1 is 0.662 bits per heavy atom. The Hall–Kier alpha value is -6.41. The molecule has 2 aliphatic rings. The van der Waals surface area contributed by atoms with Crippen LogP contribution in [0, 0.1) is 11.6 Å². The van der Waals surface area contributed by atoms with E-state index in [2.05, 4.69) is 33.9 Å². The fourth-order valence-electron chi connectivity index (χ4n) is 8.14. The average Bonchev–Trinajstić information content (AvgIpc) is 4.09. The summed E-state index contributed by atoms with van der Waals surface area (Å²) >= 11 is 2.47. The number of carboxylic acids is 1. The van der Waals surface area contributed by atoms with Crippen LogP contribution in [0.3, 0.4) is 0 Å². The van der Waals surface area contributed by atoms with Gasteiger partial charge in [0.2, 0.25) is 0 Å². The lowest BCUT2D eigenvalue weighted by Gasteiger charge is -2.21. The summed E-state index contributed by atoms with van der Waals surface area (Å²) in [7, 11) is 0. The predicted molar refractivity (Wildman–Crippen MR) is 256 cm³/mol. The third-order valence-electron chi connectivity index (χ3n) is 11.3. The van der Waals surface area contributed by atoms with Crippen LogP contribution in [-0.2, 0) is 13.2 Å². The van der Waals surface area contributed by atoms with Crippen molar-refractivity contribution >= 4 is 67.5 Å². The number of carboxylic acid groups (broad SMARTS) is 1. The molecule has 0 radical (unpaired) electrons. The number of thiophene rings is 2. The fourth-order valence-corrected chi connectivity index (χ4v) is 9.92. The van der Waals surface area contributed by atoms with Gasteiger partial charge in [0, 0.05) is 12.1 Å². The van der Waals surface area contributed by atoms with Crippen molar-refractivity contribution in [2.75, 3.05) is 0 Å². The highest BCUT2D eigenvalue weighted by atomic mass is 35.5.